The Morgan fingerprint density at radius 2 is 1.80 bits per heavy atom. The predicted molar refractivity (Wildman–Crippen MR) is 95.9 cm³/mol. The number of urea groups is 1. The van der Waals surface area contributed by atoms with Crippen molar-refractivity contribution >= 4 is 29.3 Å². The number of amides is 2. The summed E-state index contributed by atoms with van der Waals surface area (Å²) in [6, 6.07) is 15.2. The molecule has 3 rings (SSSR count). The number of rotatable bonds is 4. The molecule has 0 saturated heterocycles. The van der Waals surface area contributed by atoms with Crippen LogP contribution in [0.15, 0.2) is 60.2 Å². The Morgan fingerprint density at radius 1 is 1.12 bits per heavy atom. The Balaban J connectivity index is 2.20. The molecule has 2 aromatic rings. The van der Waals surface area contributed by atoms with Crippen LogP contribution < -0.4 is 10.6 Å². The molecule has 1 aliphatic heterocycles. The minimum Gasteiger partial charge on any atom is -0.463 e. The minimum absolute atomic E-state index is 0.230. The average Bonchev–Trinajstić information content (AvgIpc) is 2.62. The molecule has 0 fully saturated rings. The Labute approximate surface area is 150 Å². The SMILES string of the molecule is CCOC(=O)C1=C(c2ccccc2)NC(=O)N[C@H]1c1ccccc1Cl. The summed E-state index contributed by atoms with van der Waals surface area (Å²) in [6.07, 6.45) is 0. The monoisotopic (exact) mass is 356 g/mol. The fraction of sp³-hybridized carbons (Fsp3) is 0.158. The highest BCUT2D eigenvalue weighted by Gasteiger charge is 2.35. The van der Waals surface area contributed by atoms with Gasteiger partial charge in [-0.3, -0.25) is 0 Å². The van der Waals surface area contributed by atoms with Gasteiger partial charge in [0.2, 0.25) is 0 Å². The zero-order valence-electron chi connectivity index (χ0n) is 13.6. The van der Waals surface area contributed by atoms with Gasteiger partial charge >= 0.3 is 12.0 Å². The number of benzene rings is 2. The Kier molecular flexibility index (Phi) is 5.05. The quantitative estimate of drug-likeness (QED) is 0.821. The average molecular weight is 357 g/mol. The van der Waals surface area contributed by atoms with Crippen molar-refractivity contribution in [3.63, 3.8) is 0 Å². The van der Waals surface area contributed by atoms with Gasteiger partial charge in [-0.1, -0.05) is 60.1 Å². The summed E-state index contributed by atoms with van der Waals surface area (Å²) >= 11 is 6.30. The van der Waals surface area contributed by atoms with Gasteiger partial charge in [-0.2, -0.15) is 0 Å². The minimum atomic E-state index is -0.697. The van der Waals surface area contributed by atoms with E-state index in [9.17, 15) is 9.59 Å². The number of hydrogen-bond donors (Lipinski definition) is 2. The zero-order chi connectivity index (χ0) is 17.8. The molecule has 0 aromatic heterocycles. The van der Waals surface area contributed by atoms with E-state index in [1.807, 2.05) is 30.3 Å². The van der Waals surface area contributed by atoms with Gasteiger partial charge in [0.05, 0.1) is 23.9 Å². The van der Waals surface area contributed by atoms with Crippen molar-refractivity contribution in [2.24, 2.45) is 0 Å². The maximum atomic E-state index is 12.7. The largest absolute Gasteiger partial charge is 0.463 e. The number of carbonyl (C=O) groups is 2. The molecule has 0 aliphatic carbocycles. The molecule has 25 heavy (non-hydrogen) atoms. The third-order valence-corrected chi connectivity index (χ3v) is 4.19. The number of esters is 1. The highest BCUT2D eigenvalue weighted by atomic mass is 35.5. The zero-order valence-corrected chi connectivity index (χ0v) is 14.3. The molecule has 1 atom stereocenters. The van der Waals surface area contributed by atoms with Gasteiger partial charge in [-0.25, -0.2) is 9.59 Å². The van der Waals surface area contributed by atoms with Crippen LogP contribution in [0.3, 0.4) is 0 Å². The predicted octanol–water partition coefficient (Wildman–Crippen LogP) is 3.67. The molecule has 128 valence electrons. The van der Waals surface area contributed by atoms with E-state index in [1.165, 1.54) is 0 Å². The molecule has 0 saturated carbocycles. The van der Waals surface area contributed by atoms with Crippen molar-refractivity contribution in [2.45, 2.75) is 13.0 Å². The summed E-state index contributed by atoms with van der Waals surface area (Å²) in [4.78, 5) is 24.9. The van der Waals surface area contributed by atoms with E-state index in [2.05, 4.69) is 10.6 Å². The van der Waals surface area contributed by atoms with E-state index in [-0.39, 0.29) is 6.61 Å². The second-order valence-corrected chi connectivity index (χ2v) is 5.84. The Hall–Kier alpha value is -2.79. The maximum absolute atomic E-state index is 12.7. The van der Waals surface area contributed by atoms with Crippen LogP contribution in [0.2, 0.25) is 5.02 Å². The van der Waals surface area contributed by atoms with Crippen molar-refractivity contribution in [1.29, 1.82) is 0 Å². The maximum Gasteiger partial charge on any atom is 0.338 e. The molecule has 6 heteroatoms. The topological polar surface area (TPSA) is 67.4 Å². The number of ether oxygens (including phenoxy) is 1. The third kappa shape index (κ3) is 3.51. The number of halogens is 1. The lowest BCUT2D eigenvalue weighted by Gasteiger charge is -2.30. The molecule has 2 aromatic carbocycles. The van der Waals surface area contributed by atoms with Gasteiger partial charge in [0.15, 0.2) is 0 Å². The van der Waals surface area contributed by atoms with E-state index in [1.54, 1.807) is 31.2 Å². The fourth-order valence-electron chi connectivity index (χ4n) is 2.77. The van der Waals surface area contributed by atoms with Gasteiger partial charge in [-0.05, 0) is 24.1 Å². The smallest absolute Gasteiger partial charge is 0.338 e. The Morgan fingerprint density at radius 3 is 2.48 bits per heavy atom. The standard InChI is InChI=1S/C19H17ClN2O3/c1-2-25-18(23)15-16(12-8-4-3-5-9-12)21-19(24)22-17(15)13-10-6-7-11-14(13)20/h3-11,17H,2H2,1H3,(H2,21,22,24)/t17-/m0/s1. The van der Waals surface area contributed by atoms with Crippen LogP contribution in [0.5, 0.6) is 0 Å². The lowest BCUT2D eigenvalue weighted by molar-refractivity contribution is -0.138. The summed E-state index contributed by atoms with van der Waals surface area (Å²) in [5.74, 6) is -0.501. The van der Waals surface area contributed by atoms with Crippen LogP contribution in [-0.2, 0) is 9.53 Å². The van der Waals surface area contributed by atoms with Crippen molar-refractivity contribution in [1.82, 2.24) is 10.6 Å². The van der Waals surface area contributed by atoms with Crippen molar-refractivity contribution in [3.05, 3.63) is 76.3 Å². The second kappa shape index (κ2) is 7.40. The molecule has 1 heterocycles. The van der Waals surface area contributed by atoms with Gasteiger partial charge in [0, 0.05) is 5.02 Å². The highest BCUT2D eigenvalue weighted by Crippen LogP contribution is 2.34. The van der Waals surface area contributed by atoms with E-state index in [4.69, 9.17) is 16.3 Å². The van der Waals surface area contributed by atoms with Crippen LogP contribution in [-0.4, -0.2) is 18.6 Å². The van der Waals surface area contributed by atoms with Crippen LogP contribution >= 0.6 is 11.6 Å². The Bertz CT molecular complexity index is 834. The van der Waals surface area contributed by atoms with Gasteiger partial charge in [0.25, 0.3) is 0 Å². The lowest BCUT2D eigenvalue weighted by Crippen LogP contribution is -2.45. The molecule has 2 N–H and O–H groups in total. The molecular formula is C19H17ClN2O3. The van der Waals surface area contributed by atoms with Gasteiger partial charge in [0.1, 0.15) is 0 Å². The van der Waals surface area contributed by atoms with E-state index in [0.717, 1.165) is 5.56 Å². The molecule has 0 spiro atoms. The number of carbonyl (C=O) groups excluding carboxylic acids is 2. The van der Waals surface area contributed by atoms with E-state index >= 15 is 0 Å². The molecule has 0 radical (unpaired) electrons. The molecule has 2 amide bonds. The van der Waals surface area contributed by atoms with Crippen LogP contribution in [0.25, 0.3) is 5.70 Å². The second-order valence-electron chi connectivity index (χ2n) is 5.43. The number of hydrogen-bond acceptors (Lipinski definition) is 3. The summed E-state index contributed by atoms with van der Waals surface area (Å²) in [6.45, 7) is 1.97. The molecule has 0 unspecified atom stereocenters. The van der Waals surface area contributed by atoms with E-state index in [0.29, 0.717) is 21.9 Å². The van der Waals surface area contributed by atoms with Crippen LogP contribution in [0.4, 0.5) is 4.79 Å². The number of nitrogens with one attached hydrogen (secondary N) is 2. The van der Waals surface area contributed by atoms with Crippen molar-refractivity contribution < 1.29 is 14.3 Å². The first kappa shape index (κ1) is 17.0. The first-order chi connectivity index (χ1) is 12.1. The summed E-state index contributed by atoms with van der Waals surface area (Å²) in [7, 11) is 0. The first-order valence-electron chi connectivity index (χ1n) is 7.90. The van der Waals surface area contributed by atoms with Gasteiger partial charge < -0.3 is 15.4 Å². The first-order valence-corrected chi connectivity index (χ1v) is 8.28. The lowest BCUT2D eigenvalue weighted by atomic mass is 9.92. The molecule has 1 aliphatic rings. The normalized spacial score (nSPS) is 16.9. The fourth-order valence-corrected chi connectivity index (χ4v) is 3.01. The van der Waals surface area contributed by atoms with Crippen LogP contribution in [0, 0.1) is 0 Å². The van der Waals surface area contributed by atoms with E-state index < -0.39 is 18.0 Å². The molecule has 5 nitrogen and oxygen atoms in total. The van der Waals surface area contributed by atoms with Crippen LogP contribution in [0.1, 0.15) is 24.1 Å². The summed E-state index contributed by atoms with van der Waals surface area (Å²) < 4.78 is 5.23. The molecular weight excluding hydrogens is 340 g/mol. The van der Waals surface area contributed by atoms with Crippen molar-refractivity contribution in [2.75, 3.05) is 6.61 Å². The van der Waals surface area contributed by atoms with Crippen molar-refractivity contribution in [3.8, 4) is 0 Å². The highest BCUT2D eigenvalue weighted by molar-refractivity contribution is 6.31. The third-order valence-electron chi connectivity index (χ3n) is 3.85. The summed E-state index contributed by atoms with van der Waals surface area (Å²) in [5, 5.41) is 5.96. The summed E-state index contributed by atoms with van der Waals surface area (Å²) in [5.41, 5.74) is 2.10. The molecule has 0 bridgehead atoms. The van der Waals surface area contributed by atoms with Gasteiger partial charge in [-0.15, -0.1) is 0 Å².